The molecule has 1 fully saturated rings. The fourth-order valence-corrected chi connectivity index (χ4v) is 5.08. The molecule has 0 saturated carbocycles. The van der Waals surface area contributed by atoms with Gasteiger partial charge in [-0.1, -0.05) is 64.3 Å². The van der Waals surface area contributed by atoms with Crippen molar-refractivity contribution in [3.8, 4) is 5.75 Å². The predicted molar refractivity (Wildman–Crippen MR) is 149 cm³/mol. The number of urea groups is 1. The number of imide groups is 2. The maximum atomic E-state index is 13.3. The molecule has 0 spiro atoms. The van der Waals surface area contributed by atoms with Crippen LogP contribution in [0.5, 0.6) is 5.75 Å². The Labute approximate surface area is 225 Å². The van der Waals surface area contributed by atoms with Crippen LogP contribution in [0.15, 0.2) is 64.6 Å². The van der Waals surface area contributed by atoms with Gasteiger partial charge in [-0.3, -0.25) is 14.9 Å². The van der Waals surface area contributed by atoms with Crippen molar-refractivity contribution in [1.82, 2.24) is 5.32 Å². The first kappa shape index (κ1) is 26.4. The fourth-order valence-electron chi connectivity index (χ4n) is 4.48. The van der Waals surface area contributed by atoms with Gasteiger partial charge in [-0.25, -0.2) is 9.69 Å². The Hall–Kier alpha value is -3.71. The summed E-state index contributed by atoms with van der Waals surface area (Å²) >= 11 is 3.67. The van der Waals surface area contributed by atoms with Crippen molar-refractivity contribution >= 4 is 45.5 Å². The topological polar surface area (TPSA) is 75.7 Å². The van der Waals surface area contributed by atoms with Crippen LogP contribution in [0.2, 0.25) is 0 Å². The smallest absolute Gasteiger partial charge is 0.335 e. The van der Waals surface area contributed by atoms with Crippen LogP contribution < -0.4 is 15.0 Å². The van der Waals surface area contributed by atoms with E-state index in [0.717, 1.165) is 32.5 Å². The van der Waals surface area contributed by atoms with E-state index in [-0.39, 0.29) is 5.57 Å². The highest BCUT2D eigenvalue weighted by Crippen LogP contribution is 2.33. The van der Waals surface area contributed by atoms with Gasteiger partial charge in [0, 0.05) is 16.5 Å². The van der Waals surface area contributed by atoms with Crippen molar-refractivity contribution in [2.75, 3.05) is 11.5 Å². The van der Waals surface area contributed by atoms with Crippen LogP contribution in [0.4, 0.5) is 10.5 Å². The molecule has 3 aromatic rings. The summed E-state index contributed by atoms with van der Waals surface area (Å²) in [5.41, 5.74) is 6.47. The number of halogens is 1. The summed E-state index contributed by atoms with van der Waals surface area (Å²) in [7, 11) is 0. The monoisotopic (exact) mass is 560 g/mol. The Morgan fingerprint density at radius 2 is 1.59 bits per heavy atom. The summed E-state index contributed by atoms with van der Waals surface area (Å²) in [5.74, 6) is -0.745. The normalized spacial score (nSPS) is 14.8. The molecule has 1 heterocycles. The van der Waals surface area contributed by atoms with Crippen molar-refractivity contribution in [2.45, 2.75) is 40.5 Å². The van der Waals surface area contributed by atoms with Crippen LogP contribution in [-0.2, 0) is 22.4 Å². The first-order valence-corrected chi connectivity index (χ1v) is 13.0. The number of hydrogen-bond acceptors (Lipinski definition) is 4. The van der Waals surface area contributed by atoms with Crippen LogP contribution in [0.1, 0.15) is 47.2 Å². The molecule has 190 valence electrons. The summed E-state index contributed by atoms with van der Waals surface area (Å²) in [6.07, 6.45) is 2.98. The molecule has 6 nitrogen and oxygen atoms in total. The third-order valence-corrected chi connectivity index (χ3v) is 6.86. The van der Waals surface area contributed by atoms with Gasteiger partial charge >= 0.3 is 6.03 Å². The summed E-state index contributed by atoms with van der Waals surface area (Å²) in [6.45, 7) is 8.54. The van der Waals surface area contributed by atoms with Gasteiger partial charge in [-0.05, 0) is 74.2 Å². The average molecular weight is 561 g/mol. The van der Waals surface area contributed by atoms with Crippen LogP contribution >= 0.6 is 15.9 Å². The third-order valence-electron chi connectivity index (χ3n) is 6.15. The highest BCUT2D eigenvalue weighted by Gasteiger charge is 2.36. The van der Waals surface area contributed by atoms with Crippen LogP contribution in [-0.4, -0.2) is 24.5 Å². The molecule has 37 heavy (non-hydrogen) atoms. The van der Waals surface area contributed by atoms with Crippen molar-refractivity contribution in [1.29, 1.82) is 0 Å². The van der Waals surface area contributed by atoms with Gasteiger partial charge < -0.3 is 4.74 Å². The van der Waals surface area contributed by atoms with Gasteiger partial charge in [-0.2, -0.15) is 0 Å². The van der Waals surface area contributed by atoms with Gasteiger partial charge in [0.05, 0.1) is 12.3 Å². The molecule has 4 amide bonds. The lowest BCUT2D eigenvalue weighted by molar-refractivity contribution is -0.122. The predicted octanol–water partition coefficient (Wildman–Crippen LogP) is 6.28. The molecule has 1 saturated heterocycles. The molecule has 0 unspecified atom stereocenters. The zero-order chi connectivity index (χ0) is 26.7. The number of rotatable bonds is 7. The quantitative estimate of drug-likeness (QED) is 0.272. The second-order valence-corrected chi connectivity index (χ2v) is 9.92. The first-order chi connectivity index (χ1) is 17.7. The summed E-state index contributed by atoms with van der Waals surface area (Å²) in [4.78, 5) is 39.5. The highest BCUT2D eigenvalue weighted by atomic mass is 79.9. The van der Waals surface area contributed by atoms with E-state index in [1.54, 1.807) is 12.1 Å². The van der Waals surface area contributed by atoms with E-state index in [1.807, 2.05) is 38.1 Å². The molecule has 4 rings (SSSR count). The standard InChI is InChI=1S/C30H29BrN2O4/c1-5-20-7-9-23(10-8-20)33-29(35)25(28(34)32-30(33)36)15-22-16-26(31)24(27(17-22)37-6-2)14-21-12-18(3)11-19(4)13-21/h7-13,15-17H,5-6,14H2,1-4H3,(H,32,34,36)/b25-15+. The zero-order valence-electron chi connectivity index (χ0n) is 21.4. The molecular weight excluding hydrogens is 532 g/mol. The number of carbonyl (C=O) groups is 3. The SMILES string of the molecule is CCOc1cc(/C=C2\C(=O)NC(=O)N(c3ccc(CC)cc3)C2=O)cc(Br)c1Cc1cc(C)cc(C)c1. The third kappa shape index (κ3) is 5.83. The van der Waals surface area contributed by atoms with Crippen molar-refractivity contribution in [2.24, 2.45) is 0 Å². The Morgan fingerprint density at radius 3 is 2.22 bits per heavy atom. The van der Waals surface area contributed by atoms with E-state index in [2.05, 4.69) is 53.3 Å². The molecule has 0 atom stereocenters. The van der Waals surface area contributed by atoms with E-state index in [4.69, 9.17) is 4.74 Å². The number of aryl methyl sites for hydroxylation is 3. The van der Waals surface area contributed by atoms with Crippen molar-refractivity contribution in [3.63, 3.8) is 0 Å². The minimum Gasteiger partial charge on any atom is -0.494 e. The minimum absolute atomic E-state index is 0.129. The second kappa shape index (κ2) is 11.1. The average Bonchev–Trinajstić information content (AvgIpc) is 2.84. The van der Waals surface area contributed by atoms with E-state index >= 15 is 0 Å². The Morgan fingerprint density at radius 1 is 0.919 bits per heavy atom. The lowest BCUT2D eigenvalue weighted by Gasteiger charge is -2.26. The number of nitrogens with one attached hydrogen (secondary N) is 1. The second-order valence-electron chi connectivity index (χ2n) is 9.06. The molecular formula is C30H29BrN2O4. The molecule has 0 aliphatic carbocycles. The number of ether oxygens (including phenoxy) is 1. The number of hydrogen-bond donors (Lipinski definition) is 1. The van der Waals surface area contributed by atoms with Crippen molar-refractivity contribution in [3.05, 3.63) is 98.0 Å². The lowest BCUT2D eigenvalue weighted by Crippen LogP contribution is -2.54. The highest BCUT2D eigenvalue weighted by molar-refractivity contribution is 9.10. The molecule has 3 aromatic carbocycles. The van der Waals surface area contributed by atoms with Crippen LogP contribution in [0.25, 0.3) is 6.08 Å². The molecule has 1 aliphatic rings. The summed E-state index contributed by atoms with van der Waals surface area (Å²) in [5, 5.41) is 2.28. The number of nitrogens with zero attached hydrogens (tertiary/aromatic N) is 1. The maximum Gasteiger partial charge on any atom is 0.335 e. The minimum atomic E-state index is -0.767. The number of benzene rings is 3. The summed E-state index contributed by atoms with van der Waals surface area (Å²) in [6, 6.07) is 16.5. The lowest BCUT2D eigenvalue weighted by atomic mass is 9.98. The molecule has 1 N–H and O–H groups in total. The largest absolute Gasteiger partial charge is 0.494 e. The van der Waals surface area contributed by atoms with Crippen LogP contribution in [0.3, 0.4) is 0 Å². The van der Waals surface area contributed by atoms with Crippen LogP contribution in [0, 0.1) is 13.8 Å². The Kier molecular flexibility index (Phi) is 7.93. The Balaban J connectivity index is 1.71. The molecule has 0 radical (unpaired) electrons. The van der Waals surface area contributed by atoms with Crippen molar-refractivity contribution < 1.29 is 19.1 Å². The number of anilines is 1. The van der Waals surface area contributed by atoms with Gasteiger partial charge in [0.15, 0.2) is 0 Å². The fraction of sp³-hybridized carbons (Fsp3) is 0.233. The van der Waals surface area contributed by atoms with E-state index in [1.165, 1.54) is 17.2 Å². The number of barbiturate groups is 1. The summed E-state index contributed by atoms with van der Waals surface area (Å²) < 4.78 is 6.76. The Bertz CT molecular complexity index is 1390. The van der Waals surface area contributed by atoms with Gasteiger partial charge in [-0.15, -0.1) is 0 Å². The maximum absolute atomic E-state index is 13.3. The van der Waals surface area contributed by atoms with E-state index in [9.17, 15) is 14.4 Å². The zero-order valence-corrected chi connectivity index (χ0v) is 22.9. The van der Waals surface area contributed by atoms with Gasteiger partial charge in [0.2, 0.25) is 0 Å². The number of carbonyl (C=O) groups excluding carboxylic acids is 3. The van der Waals surface area contributed by atoms with E-state index in [0.29, 0.717) is 30.0 Å². The molecule has 7 heteroatoms. The molecule has 1 aliphatic heterocycles. The molecule has 0 bridgehead atoms. The number of amides is 4. The van der Waals surface area contributed by atoms with Gasteiger partial charge in [0.25, 0.3) is 11.8 Å². The first-order valence-electron chi connectivity index (χ1n) is 12.2. The van der Waals surface area contributed by atoms with E-state index < -0.39 is 17.8 Å². The molecule has 0 aromatic heterocycles. The van der Waals surface area contributed by atoms with Gasteiger partial charge in [0.1, 0.15) is 11.3 Å².